The number of alkyl halides is 1. The van der Waals surface area contributed by atoms with Crippen molar-refractivity contribution in [2.45, 2.75) is 96.8 Å². The van der Waals surface area contributed by atoms with Crippen LogP contribution in [-0.2, 0) is 0 Å². The first-order valence-electron chi connectivity index (χ1n) is 7.97. The molecule has 0 amide bonds. The van der Waals surface area contributed by atoms with Gasteiger partial charge in [-0.15, -0.1) is 11.6 Å². The van der Waals surface area contributed by atoms with Crippen molar-refractivity contribution in [2.24, 2.45) is 0 Å². The SMILES string of the molecule is CCCCCCCCCCCCCCCCCl. The van der Waals surface area contributed by atoms with Crippen molar-refractivity contribution in [3.05, 3.63) is 0 Å². The van der Waals surface area contributed by atoms with Crippen LogP contribution < -0.4 is 0 Å². The van der Waals surface area contributed by atoms with Crippen LogP contribution in [0.5, 0.6) is 0 Å². The van der Waals surface area contributed by atoms with Crippen molar-refractivity contribution >= 4 is 11.6 Å². The van der Waals surface area contributed by atoms with Crippen LogP contribution in [0.1, 0.15) is 96.8 Å². The average Bonchev–Trinajstić information content (AvgIpc) is 2.35. The molecule has 0 atom stereocenters. The van der Waals surface area contributed by atoms with Crippen molar-refractivity contribution in [1.82, 2.24) is 0 Å². The summed E-state index contributed by atoms with van der Waals surface area (Å²) in [7, 11) is 0. The van der Waals surface area contributed by atoms with Crippen LogP contribution in [0.3, 0.4) is 0 Å². The van der Waals surface area contributed by atoms with Gasteiger partial charge in [0.2, 0.25) is 0 Å². The molecule has 0 aliphatic carbocycles. The fraction of sp³-hybridized carbons (Fsp3) is 1.00. The Morgan fingerprint density at radius 1 is 0.471 bits per heavy atom. The number of unbranched alkanes of at least 4 members (excludes halogenated alkanes) is 13. The van der Waals surface area contributed by atoms with Gasteiger partial charge in [-0.05, 0) is 6.42 Å². The normalized spacial score (nSPS) is 10.9. The van der Waals surface area contributed by atoms with E-state index in [9.17, 15) is 0 Å². The zero-order valence-corrected chi connectivity index (χ0v) is 12.7. The number of halogens is 1. The Balaban J connectivity index is 2.85. The lowest BCUT2D eigenvalue weighted by Crippen LogP contribution is -1.83. The van der Waals surface area contributed by atoms with Gasteiger partial charge >= 0.3 is 0 Å². The second-order valence-electron chi connectivity index (χ2n) is 5.29. The molecule has 0 fully saturated rings. The van der Waals surface area contributed by atoms with Crippen LogP contribution in [0.15, 0.2) is 0 Å². The summed E-state index contributed by atoms with van der Waals surface area (Å²) in [5.74, 6) is 0.845. The maximum absolute atomic E-state index is 5.64. The summed E-state index contributed by atoms with van der Waals surface area (Å²) in [6, 6.07) is 0. The van der Waals surface area contributed by atoms with E-state index < -0.39 is 0 Å². The summed E-state index contributed by atoms with van der Waals surface area (Å²) >= 11 is 5.64. The maximum atomic E-state index is 5.64. The molecule has 0 aliphatic rings. The second-order valence-corrected chi connectivity index (χ2v) is 5.66. The van der Waals surface area contributed by atoms with Crippen LogP contribution in [0.2, 0.25) is 0 Å². The molecule has 0 aromatic heterocycles. The van der Waals surface area contributed by atoms with Crippen molar-refractivity contribution in [3.63, 3.8) is 0 Å². The summed E-state index contributed by atoms with van der Waals surface area (Å²) < 4.78 is 0. The van der Waals surface area contributed by atoms with Gasteiger partial charge in [0, 0.05) is 5.88 Å². The Kier molecular flexibility index (Phi) is 16.6. The van der Waals surface area contributed by atoms with E-state index in [2.05, 4.69) is 6.92 Å². The van der Waals surface area contributed by atoms with E-state index >= 15 is 0 Å². The molecule has 0 aromatic rings. The molecule has 0 saturated heterocycles. The second kappa shape index (κ2) is 16.3. The van der Waals surface area contributed by atoms with E-state index in [0.29, 0.717) is 0 Å². The molecule has 0 radical (unpaired) electrons. The largest absolute Gasteiger partial charge is 0.127 e. The van der Waals surface area contributed by atoms with Crippen LogP contribution >= 0.6 is 11.6 Å². The minimum absolute atomic E-state index is 0.845. The molecule has 0 saturated carbocycles. The Bertz CT molecular complexity index is 109. The molecule has 104 valence electrons. The first-order valence-corrected chi connectivity index (χ1v) is 8.51. The average molecular weight is 261 g/mol. The Morgan fingerprint density at radius 2 is 0.765 bits per heavy atom. The summed E-state index contributed by atoms with van der Waals surface area (Å²) in [6.07, 6.45) is 19.8. The van der Waals surface area contributed by atoms with Crippen molar-refractivity contribution < 1.29 is 0 Å². The molecule has 0 aromatic carbocycles. The highest BCUT2D eigenvalue weighted by atomic mass is 35.5. The van der Waals surface area contributed by atoms with E-state index in [4.69, 9.17) is 11.6 Å². The van der Waals surface area contributed by atoms with Gasteiger partial charge in [0.1, 0.15) is 0 Å². The van der Waals surface area contributed by atoms with Gasteiger partial charge < -0.3 is 0 Å². The van der Waals surface area contributed by atoms with Gasteiger partial charge in [-0.1, -0.05) is 90.4 Å². The predicted molar refractivity (Wildman–Crippen MR) is 81.0 cm³/mol. The Labute approximate surface area is 115 Å². The highest BCUT2D eigenvalue weighted by molar-refractivity contribution is 6.17. The van der Waals surface area contributed by atoms with Crippen molar-refractivity contribution in [1.29, 1.82) is 0 Å². The van der Waals surface area contributed by atoms with Gasteiger partial charge in [-0.3, -0.25) is 0 Å². The minimum atomic E-state index is 0.845. The monoisotopic (exact) mass is 260 g/mol. The Hall–Kier alpha value is 0.290. The molecular formula is C16H33Cl. The van der Waals surface area contributed by atoms with Gasteiger partial charge in [0.25, 0.3) is 0 Å². The van der Waals surface area contributed by atoms with Crippen molar-refractivity contribution in [2.75, 3.05) is 5.88 Å². The van der Waals surface area contributed by atoms with Crippen LogP contribution in [-0.4, -0.2) is 5.88 Å². The zero-order chi connectivity index (χ0) is 12.6. The van der Waals surface area contributed by atoms with Crippen molar-refractivity contribution in [3.8, 4) is 0 Å². The van der Waals surface area contributed by atoms with E-state index in [1.54, 1.807) is 0 Å². The summed E-state index contributed by atoms with van der Waals surface area (Å²) in [6.45, 7) is 2.28. The molecule has 1 heteroatoms. The number of hydrogen-bond donors (Lipinski definition) is 0. The topological polar surface area (TPSA) is 0 Å². The highest BCUT2D eigenvalue weighted by Gasteiger charge is 1.93. The molecule has 17 heavy (non-hydrogen) atoms. The number of hydrogen-bond acceptors (Lipinski definition) is 0. The van der Waals surface area contributed by atoms with Gasteiger partial charge in [0.15, 0.2) is 0 Å². The number of rotatable bonds is 14. The van der Waals surface area contributed by atoms with E-state index in [-0.39, 0.29) is 0 Å². The zero-order valence-electron chi connectivity index (χ0n) is 12.0. The summed E-state index contributed by atoms with van der Waals surface area (Å²) in [5.41, 5.74) is 0. The molecule has 0 unspecified atom stereocenters. The minimum Gasteiger partial charge on any atom is -0.127 e. The molecular weight excluding hydrogens is 228 g/mol. The summed E-state index contributed by atoms with van der Waals surface area (Å²) in [4.78, 5) is 0. The third-order valence-electron chi connectivity index (χ3n) is 3.49. The lowest BCUT2D eigenvalue weighted by molar-refractivity contribution is 0.538. The van der Waals surface area contributed by atoms with E-state index in [1.807, 2.05) is 0 Å². The standard InChI is InChI=1S/C16H33Cl/c1-2-3-4-5-6-7-8-9-10-11-12-13-14-15-16-17/h2-16H2,1H3. The first kappa shape index (κ1) is 17.3. The van der Waals surface area contributed by atoms with E-state index in [0.717, 1.165) is 5.88 Å². The smallest absolute Gasteiger partial charge is 0.0223 e. The lowest BCUT2D eigenvalue weighted by Gasteiger charge is -2.02. The quantitative estimate of drug-likeness (QED) is 0.241. The molecule has 0 heterocycles. The molecule has 0 nitrogen and oxygen atoms in total. The summed E-state index contributed by atoms with van der Waals surface area (Å²) in [5, 5.41) is 0. The van der Waals surface area contributed by atoms with E-state index in [1.165, 1.54) is 89.9 Å². The van der Waals surface area contributed by atoms with Gasteiger partial charge in [-0.2, -0.15) is 0 Å². The predicted octanol–water partition coefficient (Wildman–Crippen LogP) is 6.71. The third-order valence-corrected chi connectivity index (χ3v) is 3.75. The molecule has 0 aliphatic heterocycles. The third kappa shape index (κ3) is 16.3. The van der Waals surface area contributed by atoms with Crippen LogP contribution in [0.25, 0.3) is 0 Å². The highest BCUT2D eigenvalue weighted by Crippen LogP contribution is 2.12. The van der Waals surface area contributed by atoms with Crippen LogP contribution in [0, 0.1) is 0 Å². The van der Waals surface area contributed by atoms with Gasteiger partial charge in [-0.25, -0.2) is 0 Å². The fourth-order valence-electron chi connectivity index (χ4n) is 2.29. The first-order chi connectivity index (χ1) is 8.41. The fourth-order valence-corrected chi connectivity index (χ4v) is 2.48. The molecule has 0 bridgehead atoms. The molecule has 0 rings (SSSR count). The van der Waals surface area contributed by atoms with Crippen LogP contribution in [0.4, 0.5) is 0 Å². The Morgan fingerprint density at radius 3 is 1.06 bits per heavy atom. The maximum Gasteiger partial charge on any atom is 0.0223 e. The van der Waals surface area contributed by atoms with Gasteiger partial charge in [0.05, 0.1) is 0 Å². The molecule has 0 N–H and O–H groups in total. The lowest BCUT2D eigenvalue weighted by atomic mass is 10.0. The molecule has 0 spiro atoms.